The summed E-state index contributed by atoms with van der Waals surface area (Å²) < 4.78 is 180. The minimum absolute atomic E-state index is 0.0199. The van der Waals surface area contributed by atoms with Gasteiger partial charge in [-0.05, 0) is 57.6 Å². The zero-order valence-electron chi connectivity index (χ0n) is 70.4. The van der Waals surface area contributed by atoms with Crippen molar-refractivity contribution in [2.75, 3.05) is 335 Å². The van der Waals surface area contributed by atoms with Gasteiger partial charge in [0.05, 0.1) is 302 Å². The van der Waals surface area contributed by atoms with Crippen LogP contribution in [0.5, 0.6) is 11.8 Å². The molecule has 0 unspecified atom stereocenters. The number of halogens is 3. The van der Waals surface area contributed by atoms with E-state index in [1.807, 2.05) is 24.8 Å². The van der Waals surface area contributed by atoms with Crippen molar-refractivity contribution in [1.29, 1.82) is 0 Å². The van der Waals surface area contributed by atoms with E-state index in [1.54, 1.807) is 12.0 Å². The number of carbonyl (C=O) groups excluding carboxylic acids is 2. The van der Waals surface area contributed by atoms with Gasteiger partial charge in [-0.25, -0.2) is 14.8 Å². The summed E-state index contributed by atoms with van der Waals surface area (Å²) in [6.07, 6.45) is 1.31. The predicted octanol–water partition coefficient (Wildman–Crippen LogP) is 7.08. The molecule has 3 aromatic rings. The van der Waals surface area contributed by atoms with Crippen LogP contribution in [0.25, 0.3) is 16.5 Å². The summed E-state index contributed by atoms with van der Waals surface area (Å²) >= 11 is 0.743. The molecule has 36 nitrogen and oxygen atoms in total. The summed E-state index contributed by atoms with van der Waals surface area (Å²) in [6, 6.07) is 5.60. The number of aromatic nitrogens is 1. The molecule has 1 aliphatic heterocycles. The maximum absolute atomic E-state index is 14.2. The molecule has 0 radical (unpaired) electrons. The van der Waals surface area contributed by atoms with E-state index >= 15 is 0 Å². The molecule has 120 heavy (non-hydrogen) atoms. The molecule has 0 saturated heterocycles. The number of fused-ring (bicyclic) bond motifs is 2. The topological polar surface area (TPSA) is 376 Å². The van der Waals surface area contributed by atoms with Gasteiger partial charge in [-0.3, -0.25) is 4.79 Å². The Kier molecular flexibility index (Phi) is 65.3. The van der Waals surface area contributed by atoms with Crippen molar-refractivity contribution in [3.63, 3.8) is 0 Å². The summed E-state index contributed by atoms with van der Waals surface area (Å²) in [5, 5.41) is 31.8. The average Bonchev–Trinajstić information content (AvgIpc) is 1.31. The second kappa shape index (κ2) is 73.1. The maximum atomic E-state index is 14.2. The average molecular weight is 1760 g/mol. The number of anilines is 1. The van der Waals surface area contributed by atoms with Crippen LogP contribution in [0.2, 0.25) is 0 Å². The van der Waals surface area contributed by atoms with E-state index in [0.29, 0.717) is 390 Å². The van der Waals surface area contributed by atoms with Crippen molar-refractivity contribution in [2.45, 2.75) is 83.4 Å². The molecule has 0 atom stereocenters. The number of rotatable bonds is 87. The van der Waals surface area contributed by atoms with Crippen LogP contribution in [0.15, 0.2) is 45.6 Å². The molecule has 3 heterocycles. The van der Waals surface area contributed by atoms with Gasteiger partial charge in [-0.2, -0.15) is 13.2 Å². The SMILES string of the molecule is COCCOCCOCCOCCOCCOCCOCCOCCOCCOCCOCCOCCOCCOCCOCCOCCOCCOCCOCCOCCOCCOCCOCCCN(CCCCCC(=O)On1c(O)ccc1O)C(=O)CCCCCN1c2cc3oc(=O)cc(C(F)(F)F)c3cc2C(CSOOO)=CC1(C)C. The van der Waals surface area contributed by atoms with Crippen LogP contribution >= 0.6 is 12.0 Å². The third-order valence-corrected chi connectivity index (χ3v) is 17.8. The lowest BCUT2D eigenvalue weighted by molar-refractivity contribution is -0.432. The van der Waals surface area contributed by atoms with Crippen LogP contribution < -0.4 is 15.4 Å². The quantitative estimate of drug-likeness (QED) is 0.0167. The van der Waals surface area contributed by atoms with Crippen molar-refractivity contribution in [2.24, 2.45) is 0 Å². The maximum Gasteiger partial charge on any atom is 0.417 e. The third kappa shape index (κ3) is 54.6. The molecule has 2 aromatic heterocycles. The van der Waals surface area contributed by atoms with Crippen LogP contribution in [0.4, 0.5) is 18.9 Å². The number of carbonyl (C=O) groups is 2. The van der Waals surface area contributed by atoms with Gasteiger partial charge in [0.15, 0.2) is 0 Å². The first-order valence-electron chi connectivity index (χ1n) is 41.2. The van der Waals surface area contributed by atoms with Gasteiger partial charge in [0.25, 0.3) is 0 Å². The van der Waals surface area contributed by atoms with Crippen LogP contribution in [0.3, 0.4) is 0 Å². The monoisotopic (exact) mass is 1750 g/mol. The molecular weight excluding hydrogens is 1620 g/mol. The van der Waals surface area contributed by atoms with E-state index in [-0.39, 0.29) is 35.5 Å². The van der Waals surface area contributed by atoms with Crippen LogP contribution in [-0.2, 0) is 134 Å². The summed E-state index contributed by atoms with van der Waals surface area (Å²) in [5.74, 6) is -1.44. The van der Waals surface area contributed by atoms with Gasteiger partial charge in [0.1, 0.15) is 5.58 Å². The molecule has 0 aliphatic carbocycles. The molecule has 694 valence electrons. The standard InChI is InChI=1S/C80H134F3N3O33S/c1-79(2)66-68(67-120-119-118-92)69-63-70-71(80(81,82)83)64-78(91)116-73(70)65-72(69)85(79)17-9-4-6-11-74(87)84(15-8-5-7-12-77(90)117-86-75(88)13-14-76(86)89)16-10-18-94-21-22-96-25-26-98-29-30-100-33-34-102-37-38-104-41-42-106-45-46-108-49-50-110-53-54-112-57-58-114-61-62-115-60-59-113-56-55-111-52-51-109-48-47-107-44-43-105-40-39-103-36-35-101-32-31-99-28-27-97-24-23-95-20-19-93-3/h13-14,63-66,88-89,92H,4-12,15-62,67H2,1-3H3. The first-order valence-corrected chi connectivity index (χ1v) is 42.1. The fraction of sp³-hybridized carbons (Fsp3) is 0.787. The van der Waals surface area contributed by atoms with E-state index in [2.05, 4.69) is 9.37 Å². The highest BCUT2D eigenvalue weighted by molar-refractivity contribution is 7.95. The molecule has 1 amide bonds. The number of hydrogen-bond donors (Lipinski definition) is 3. The summed E-state index contributed by atoms with van der Waals surface area (Å²) in [7, 11) is 1.64. The zero-order chi connectivity index (χ0) is 86.1. The van der Waals surface area contributed by atoms with Crippen molar-refractivity contribution in [3.05, 3.63) is 58.0 Å². The van der Waals surface area contributed by atoms with Crippen LogP contribution in [-0.4, -0.2) is 372 Å². The molecule has 1 aromatic carbocycles. The van der Waals surface area contributed by atoms with Gasteiger partial charge in [0, 0.05) is 105 Å². The highest BCUT2D eigenvalue weighted by atomic mass is 32.2. The minimum Gasteiger partial charge on any atom is -0.492 e. The lowest BCUT2D eigenvalue weighted by Crippen LogP contribution is -2.46. The lowest BCUT2D eigenvalue weighted by Gasteiger charge is -2.44. The predicted molar refractivity (Wildman–Crippen MR) is 432 cm³/mol. The Hall–Kier alpha value is -5.11. The number of aromatic hydroxyl groups is 2. The highest BCUT2D eigenvalue weighted by Crippen LogP contribution is 2.45. The number of unbranched alkanes of at least 4 members (excludes halogenated alkanes) is 4. The molecule has 40 heteroatoms. The molecule has 1 aliphatic rings. The molecule has 0 bridgehead atoms. The van der Waals surface area contributed by atoms with E-state index in [0.717, 1.165) is 12.0 Å². The second-order valence-electron chi connectivity index (χ2n) is 26.9. The summed E-state index contributed by atoms with van der Waals surface area (Å²) in [4.78, 5) is 47.4. The number of ether oxygens (including phenoxy) is 23. The normalized spacial score (nSPS) is 12.9. The fourth-order valence-electron chi connectivity index (χ4n) is 11.3. The number of benzene rings is 1. The van der Waals surface area contributed by atoms with E-state index in [9.17, 15) is 37.8 Å². The van der Waals surface area contributed by atoms with Gasteiger partial charge >= 0.3 is 17.8 Å². The Morgan fingerprint density at radius 2 is 0.775 bits per heavy atom. The molecule has 0 saturated carbocycles. The van der Waals surface area contributed by atoms with Crippen molar-refractivity contribution >= 4 is 46.1 Å². The first kappa shape index (κ1) is 107. The first-order chi connectivity index (χ1) is 58.7. The van der Waals surface area contributed by atoms with Crippen LogP contribution in [0, 0.1) is 0 Å². The number of amides is 1. The Balaban J connectivity index is 0.851. The van der Waals surface area contributed by atoms with Crippen molar-refractivity contribution in [3.8, 4) is 11.8 Å². The minimum atomic E-state index is -4.83. The Morgan fingerprint density at radius 1 is 0.442 bits per heavy atom. The summed E-state index contributed by atoms with van der Waals surface area (Å²) in [5.41, 5.74) is -1.56. The largest absolute Gasteiger partial charge is 0.492 e. The number of nitrogens with zero attached hydrogens (tertiary/aromatic N) is 3. The highest BCUT2D eigenvalue weighted by Gasteiger charge is 2.37. The fourth-order valence-corrected chi connectivity index (χ4v) is 11.8. The van der Waals surface area contributed by atoms with Crippen LogP contribution in [0.1, 0.15) is 82.8 Å². The van der Waals surface area contributed by atoms with Gasteiger partial charge in [0.2, 0.25) is 17.7 Å². The molecule has 0 spiro atoms. The molecule has 4 rings (SSSR count). The van der Waals surface area contributed by atoms with Gasteiger partial charge in [-0.1, -0.05) is 24.0 Å². The Labute approximate surface area is 706 Å². The smallest absolute Gasteiger partial charge is 0.417 e. The van der Waals surface area contributed by atoms with Crippen molar-refractivity contribution in [1.82, 2.24) is 9.63 Å². The molecule has 0 fully saturated rings. The van der Waals surface area contributed by atoms with Gasteiger partial charge in [-0.15, -0.1) is 9.06 Å². The zero-order valence-corrected chi connectivity index (χ0v) is 71.3. The number of hydrogen-bond acceptors (Lipinski definition) is 35. The second-order valence-corrected chi connectivity index (χ2v) is 27.5. The number of methoxy groups -OCH3 is 1. The third-order valence-electron chi connectivity index (χ3n) is 17.2. The number of alkyl halides is 3. The lowest BCUT2D eigenvalue weighted by atomic mass is 9.87. The molecular formula is C80H134F3N3O33S. The van der Waals surface area contributed by atoms with Gasteiger partial charge < -0.3 is 138 Å². The Bertz CT molecular complexity index is 3040. The Morgan fingerprint density at radius 3 is 1.12 bits per heavy atom. The van der Waals surface area contributed by atoms with Crippen molar-refractivity contribution < 1.29 is 166 Å². The summed E-state index contributed by atoms with van der Waals surface area (Å²) in [6.45, 7) is 25.8. The molecule has 3 N–H and O–H groups in total. The van der Waals surface area contributed by atoms with E-state index in [1.165, 1.54) is 24.3 Å². The van der Waals surface area contributed by atoms with E-state index in [4.69, 9.17) is 123 Å². The van der Waals surface area contributed by atoms with E-state index < -0.39 is 40.6 Å².